The molecule has 0 bridgehead atoms. The molecule has 0 radical (unpaired) electrons. The minimum absolute atomic E-state index is 0.0982. The Morgan fingerprint density at radius 3 is 3.00 bits per heavy atom. The number of hydrogen-bond acceptors (Lipinski definition) is 4. The number of aromatic nitrogens is 2. The summed E-state index contributed by atoms with van der Waals surface area (Å²) in [4.78, 5) is 3.93. The molecule has 0 aliphatic carbocycles. The number of nitrogens with zero attached hydrogens (tertiary/aromatic N) is 2. The Bertz CT molecular complexity index is 501. The Balaban J connectivity index is 2.07. The predicted molar refractivity (Wildman–Crippen MR) is 57.8 cm³/mol. The summed E-state index contributed by atoms with van der Waals surface area (Å²) in [5, 5.41) is 6.51. The van der Waals surface area contributed by atoms with Crippen LogP contribution in [0.2, 0.25) is 5.02 Å². The summed E-state index contributed by atoms with van der Waals surface area (Å²) in [5.74, 6) is 0.0852. The molecule has 2 aromatic rings. The number of hydrogen-bond donors (Lipinski definition) is 1. The van der Waals surface area contributed by atoms with Gasteiger partial charge in [-0.25, -0.2) is 4.39 Å². The molecule has 2 rings (SSSR count). The molecule has 0 aliphatic heterocycles. The van der Waals surface area contributed by atoms with E-state index in [1.165, 1.54) is 6.07 Å². The summed E-state index contributed by atoms with van der Waals surface area (Å²) in [7, 11) is 0. The Morgan fingerprint density at radius 1 is 1.50 bits per heavy atom. The van der Waals surface area contributed by atoms with Crippen LogP contribution in [0.4, 0.5) is 10.4 Å². The van der Waals surface area contributed by atoms with E-state index in [2.05, 4.69) is 15.5 Å². The SMILES string of the molecule is Cc1noc(NCc2cccc(Cl)c2F)n1. The molecule has 0 unspecified atom stereocenters. The Hall–Kier alpha value is -1.62. The highest BCUT2D eigenvalue weighted by Gasteiger charge is 2.07. The molecule has 1 heterocycles. The van der Waals surface area contributed by atoms with Crippen molar-refractivity contribution in [2.24, 2.45) is 0 Å². The second-order valence-corrected chi connectivity index (χ2v) is 3.62. The first-order valence-electron chi connectivity index (χ1n) is 4.64. The van der Waals surface area contributed by atoms with Crippen LogP contribution in [-0.4, -0.2) is 10.1 Å². The third kappa shape index (κ3) is 2.30. The lowest BCUT2D eigenvalue weighted by Crippen LogP contribution is -2.02. The molecular formula is C10H9ClFN3O. The molecule has 0 spiro atoms. The predicted octanol–water partition coefficient (Wildman–Crippen LogP) is 2.78. The maximum Gasteiger partial charge on any atom is 0.321 e. The van der Waals surface area contributed by atoms with E-state index in [1.54, 1.807) is 19.1 Å². The fourth-order valence-corrected chi connectivity index (χ4v) is 1.42. The lowest BCUT2D eigenvalue weighted by Gasteiger charge is -2.03. The Labute approximate surface area is 96.4 Å². The summed E-state index contributed by atoms with van der Waals surface area (Å²) in [6.45, 7) is 1.95. The van der Waals surface area contributed by atoms with Gasteiger partial charge in [0.15, 0.2) is 5.82 Å². The van der Waals surface area contributed by atoms with Crippen molar-refractivity contribution in [2.45, 2.75) is 13.5 Å². The van der Waals surface area contributed by atoms with Gasteiger partial charge in [-0.2, -0.15) is 4.98 Å². The zero-order valence-electron chi connectivity index (χ0n) is 8.50. The van der Waals surface area contributed by atoms with E-state index in [0.717, 1.165) is 0 Å². The zero-order valence-corrected chi connectivity index (χ0v) is 9.25. The Kier molecular flexibility index (Phi) is 3.05. The van der Waals surface area contributed by atoms with Crippen LogP contribution in [0, 0.1) is 12.7 Å². The van der Waals surface area contributed by atoms with E-state index in [1.807, 2.05) is 0 Å². The van der Waals surface area contributed by atoms with Crippen molar-refractivity contribution in [2.75, 3.05) is 5.32 Å². The van der Waals surface area contributed by atoms with Crippen molar-refractivity contribution in [1.29, 1.82) is 0 Å². The summed E-state index contributed by atoms with van der Waals surface area (Å²) < 4.78 is 18.3. The van der Waals surface area contributed by atoms with E-state index in [0.29, 0.717) is 11.4 Å². The standard InChI is InChI=1S/C10H9ClFN3O/c1-6-14-10(16-15-6)13-5-7-3-2-4-8(11)9(7)12/h2-4H,5H2,1H3,(H,13,14,15). The summed E-state index contributed by atoms with van der Waals surface area (Å²) in [6, 6.07) is 5.08. The van der Waals surface area contributed by atoms with E-state index < -0.39 is 5.82 Å². The normalized spacial score (nSPS) is 10.4. The highest BCUT2D eigenvalue weighted by molar-refractivity contribution is 6.30. The first-order valence-corrected chi connectivity index (χ1v) is 5.01. The first kappa shape index (κ1) is 10.9. The quantitative estimate of drug-likeness (QED) is 0.898. The van der Waals surface area contributed by atoms with Gasteiger partial charge in [0.2, 0.25) is 0 Å². The van der Waals surface area contributed by atoms with Crippen LogP contribution in [0.15, 0.2) is 22.7 Å². The maximum absolute atomic E-state index is 13.5. The van der Waals surface area contributed by atoms with Gasteiger partial charge < -0.3 is 9.84 Å². The monoisotopic (exact) mass is 241 g/mol. The molecule has 0 saturated carbocycles. The largest absolute Gasteiger partial charge is 0.334 e. The third-order valence-corrected chi connectivity index (χ3v) is 2.28. The lowest BCUT2D eigenvalue weighted by atomic mass is 10.2. The fraction of sp³-hybridized carbons (Fsp3) is 0.200. The maximum atomic E-state index is 13.5. The van der Waals surface area contributed by atoms with Crippen LogP contribution < -0.4 is 5.32 Å². The molecule has 0 fully saturated rings. The topological polar surface area (TPSA) is 51.0 Å². The summed E-state index contributed by atoms with van der Waals surface area (Å²) in [5.41, 5.74) is 0.448. The minimum atomic E-state index is -0.437. The molecule has 0 atom stereocenters. The molecule has 4 nitrogen and oxygen atoms in total. The van der Waals surface area contributed by atoms with E-state index in [4.69, 9.17) is 16.1 Å². The van der Waals surface area contributed by atoms with Crippen molar-refractivity contribution in [3.05, 3.63) is 40.4 Å². The van der Waals surface area contributed by atoms with Crippen LogP contribution in [0.5, 0.6) is 0 Å². The van der Waals surface area contributed by atoms with Gasteiger partial charge in [-0.15, -0.1) is 0 Å². The molecule has 84 valence electrons. The van der Waals surface area contributed by atoms with Crippen molar-refractivity contribution >= 4 is 17.6 Å². The van der Waals surface area contributed by atoms with Crippen molar-refractivity contribution in [1.82, 2.24) is 10.1 Å². The van der Waals surface area contributed by atoms with Crippen molar-refractivity contribution < 1.29 is 8.91 Å². The average Bonchev–Trinajstić information content (AvgIpc) is 2.67. The molecule has 1 aromatic carbocycles. The summed E-state index contributed by atoms with van der Waals surface area (Å²) in [6.07, 6.45) is 0. The number of halogens is 2. The second kappa shape index (κ2) is 4.49. The van der Waals surface area contributed by atoms with Crippen molar-refractivity contribution in [3.63, 3.8) is 0 Å². The number of benzene rings is 1. The molecule has 1 N–H and O–H groups in total. The second-order valence-electron chi connectivity index (χ2n) is 3.21. The molecular weight excluding hydrogens is 233 g/mol. The highest BCUT2D eigenvalue weighted by atomic mass is 35.5. The number of nitrogens with one attached hydrogen (secondary N) is 1. The average molecular weight is 242 g/mol. The first-order chi connectivity index (χ1) is 7.66. The van der Waals surface area contributed by atoms with E-state index >= 15 is 0 Å². The van der Waals surface area contributed by atoms with Gasteiger partial charge >= 0.3 is 6.01 Å². The highest BCUT2D eigenvalue weighted by Crippen LogP contribution is 2.18. The molecule has 0 saturated heterocycles. The number of anilines is 1. The summed E-state index contributed by atoms with van der Waals surface area (Å²) >= 11 is 5.65. The molecule has 16 heavy (non-hydrogen) atoms. The zero-order chi connectivity index (χ0) is 11.5. The van der Waals surface area contributed by atoms with Gasteiger partial charge in [0, 0.05) is 12.1 Å². The molecule has 1 aromatic heterocycles. The van der Waals surface area contributed by atoms with Gasteiger partial charge in [0.05, 0.1) is 5.02 Å². The van der Waals surface area contributed by atoms with Gasteiger partial charge in [0.1, 0.15) is 5.82 Å². The smallest absolute Gasteiger partial charge is 0.321 e. The molecule has 0 aliphatic rings. The van der Waals surface area contributed by atoms with Crippen LogP contribution >= 0.6 is 11.6 Å². The number of aryl methyl sites for hydroxylation is 1. The number of rotatable bonds is 3. The van der Waals surface area contributed by atoms with Crippen molar-refractivity contribution in [3.8, 4) is 0 Å². The van der Waals surface area contributed by atoms with Crippen LogP contribution in [0.1, 0.15) is 11.4 Å². The Morgan fingerprint density at radius 2 is 2.31 bits per heavy atom. The van der Waals surface area contributed by atoms with Crippen LogP contribution in [0.25, 0.3) is 0 Å². The van der Waals surface area contributed by atoms with Gasteiger partial charge in [-0.1, -0.05) is 28.9 Å². The lowest BCUT2D eigenvalue weighted by molar-refractivity contribution is 0.425. The van der Waals surface area contributed by atoms with Gasteiger partial charge in [-0.05, 0) is 13.0 Å². The molecule has 0 amide bonds. The third-order valence-electron chi connectivity index (χ3n) is 1.99. The van der Waals surface area contributed by atoms with Crippen LogP contribution in [-0.2, 0) is 6.54 Å². The molecule has 6 heteroatoms. The van der Waals surface area contributed by atoms with E-state index in [-0.39, 0.29) is 17.6 Å². The van der Waals surface area contributed by atoms with Gasteiger partial charge in [0.25, 0.3) is 0 Å². The fourth-order valence-electron chi connectivity index (χ4n) is 1.22. The van der Waals surface area contributed by atoms with Crippen LogP contribution in [0.3, 0.4) is 0 Å². The minimum Gasteiger partial charge on any atom is -0.334 e. The van der Waals surface area contributed by atoms with E-state index in [9.17, 15) is 4.39 Å². The van der Waals surface area contributed by atoms with Gasteiger partial charge in [-0.3, -0.25) is 0 Å².